The number of methoxy groups -OCH3 is 1. The molecule has 20 heavy (non-hydrogen) atoms. The van der Waals surface area contributed by atoms with Gasteiger partial charge in [-0.1, -0.05) is 30.3 Å². The second-order valence-electron chi connectivity index (χ2n) is 4.46. The maximum atomic E-state index is 11.8. The van der Waals surface area contributed by atoms with E-state index in [2.05, 4.69) is 4.74 Å². The molecule has 1 aromatic rings. The highest BCUT2D eigenvalue weighted by atomic mass is 16.6. The summed E-state index contributed by atoms with van der Waals surface area (Å²) in [6.07, 6.45) is -0.603. The summed E-state index contributed by atoms with van der Waals surface area (Å²) in [5.74, 6) is -1.84. The first-order valence-corrected chi connectivity index (χ1v) is 6.18. The van der Waals surface area contributed by atoms with E-state index in [0.29, 0.717) is 0 Å². The van der Waals surface area contributed by atoms with Gasteiger partial charge in [-0.25, -0.2) is 4.79 Å². The molecule has 2 rings (SSSR count). The standard InChI is InChI=1S/C14H15NO5/c1-19-13(17)11-7-15(8-12(11)16)14(18)20-9-10-5-3-2-4-6-10/h2-6,11H,7-9H2,1H3/t11-/m1/s1. The highest BCUT2D eigenvalue weighted by Gasteiger charge is 2.39. The van der Waals surface area contributed by atoms with E-state index in [1.807, 2.05) is 30.3 Å². The topological polar surface area (TPSA) is 72.9 Å². The Morgan fingerprint density at radius 2 is 2.00 bits per heavy atom. The first-order chi connectivity index (χ1) is 9.61. The summed E-state index contributed by atoms with van der Waals surface area (Å²) in [4.78, 5) is 36.0. The van der Waals surface area contributed by atoms with Crippen molar-refractivity contribution in [3.05, 3.63) is 35.9 Å². The summed E-state index contributed by atoms with van der Waals surface area (Å²) in [6.45, 7) is 0.0276. The molecule has 0 N–H and O–H groups in total. The van der Waals surface area contributed by atoms with Crippen LogP contribution in [0, 0.1) is 5.92 Å². The van der Waals surface area contributed by atoms with Crippen LogP contribution in [0.3, 0.4) is 0 Å². The fourth-order valence-electron chi connectivity index (χ4n) is 1.98. The Balaban J connectivity index is 1.88. The maximum Gasteiger partial charge on any atom is 0.410 e. The van der Waals surface area contributed by atoms with Crippen molar-refractivity contribution < 1.29 is 23.9 Å². The number of likely N-dealkylation sites (tertiary alicyclic amines) is 1. The number of carbonyl (C=O) groups excluding carboxylic acids is 3. The van der Waals surface area contributed by atoms with Gasteiger partial charge < -0.3 is 9.47 Å². The van der Waals surface area contributed by atoms with E-state index in [4.69, 9.17) is 4.74 Å². The summed E-state index contributed by atoms with van der Waals surface area (Å²) in [5, 5.41) is 0. The summed E-state index contributed by atoms with van der Waals surface area (Å²) in [6, 6.07) is 9.22. The van der Waals surface area contributed by atoms with E-state index in [0.717, 1.165) is 5.56 Å². The molecule has 0 spiro atoms. The number of carbonyl (C=O) groups is 3. The Morgan fingerprint density at radius 1 is 1.30 bits per heavy atom. The Bertz CT molecular complexity index is 514. The minimum atomic E-state index is -0.899. The molecule has 1 saturated heterocycles. The number of nitrogens with zero attached hydrogens (tertiary/aromatic N) is 1. The lowest BCUT2D eigenvalue weighted by atomic mass is 10.1. The van der Waals surface area contributed by atoms with Gasteiger partial charge in [-0.15, -0.1) is 0 Å². The Hall–Kier alpha value is -2.37. The van der Waals surface area contributed by atoms with Crippen molar-refractivity contribution in [3.8, 4) is 0 Å². The normalized spacial score (nSPS) is 17.9. The third-order valence-corrected chi connectivity index (χ3v) is 3.09. The molecule has 0 saturated carbocycles. The first-order valence-electron chi connectivity index (χ1n) is 6.18. The molecular formula is C14H15NO5. The van der Waals surface area contributed by atoms with Crippen LogP contribution >= 0.6 is 0 Å². The average Bonchev–Trinajstić information content (AvgIpc) is 2.87. The largest absolute Gasteiger partial charge is 0.468 e. The van der Waals surface area contributed by atoms with E-state index in [1.165, 1.54) is 12.0 Å². The highest BCUT2D eigenvalue weighted by Crippen LogP contribution is 2.15. The number of Topliss-reactive ketones (excluding diaryl/α,β-unsaturated/α-hetero) is 1. The van der Waals surface area contributed by atoms with Crippen LogP contribution < -0.4 is 0 Å². The predicted octanol–water partition coefficient (Wildman–Crippen LogP) is 0.997. The minimum absolute atomic E-state index is 0.0130. The molecule has 6 heteroatoms. The van der Waals surface area contributed by atoms with Crippen molar-refractivity contribution in [1.82, 2.24) is 4.90 Å². The third kappa shape index (κ3) is 3.14. The van der Waals surface area contributed by atoms with Crippen molar-refractivity contribution in [3.63, 3.8) is 0 Å². The van der Waals surface area contributed by atoms with Crippen LogP contribution in [0.4, 0.5) is 4.79 Å². The van der Waals surface area contributed by atoms with Crippen molar-refractivity contribution in [2.75, 3.05) is 20.2 Å². The number of ether oxygens (including phenoxy) is 2. The Kier molecular flexibility index (Phi) is 4.34. The van der Waals surface area contributed by atoms with Gasteiger partial charge in [0, 0.05) is 6.54 Å². The van der Waals surface area contributed by atoms with Gasteiger partial charge in [0.05, 0.1) is 13.7 Å². The lowest BCUT2D eigenvalue weighted by molar-refractivity contribution is -0.147. The van der Waals surface area contributed by atoms with Crippen molar-refractivity contribution in [1.29, 1.82) is 0 Å². The molecule has 1 heterocycles. The van der Waals surface area contributed by atoms with Gasteiger partial charge in [-0.05, 0) is 5.56 Å². The summed E-state index contributed by atoms with van der Waals surface area (Å²) in [5.41, 5.74) is 0.857. The molecule has 0 radical (unpaired) electrons. The van der Waals surface area contributed by atoms with Crippen LogP contribution in [-0.2, 0) is 25.7 Å². The molecule has 0 aliphatic carbocycles. The summed E-state index contributed by atoms with van der Waals surface area (Å²) >= 11 is 0. The zero-order chi connectivity index (χ0) is 14.5. The summed E-state index contributed by atoms with van der Waals surface area (Å²) in [7, 11) is 1.21. The fourth-order valence-corrected chi connectivity index (χ4v) is 1.98. The zero-order valence-corrected chi connectivity index (χ0v) is 11.1. The van der Waals surface area contributed by atoms with E-state index in [-0.39, 0.29) is 25.5 Å². The third-order valence-electron chi connectivity index (χ3n) is 3.09. The quantitative estimate of drug-likeness (QED) is 0.608. The van der Waals surface area contributed by atoms with Crippen LogP contribution in [0.25, 0.3) is 0 Å². The first kappa shape index (κ1) is 14.0. The lowest BCUT2D eigenvalue weighted by Crippen LogP contribution is -2.30. The van der Waals surface area contributed by atoms with E-state index in [9.17, 15) is 14.4 Å². The van der Waals surface area contributed by atoms with Crippen LogP contribution in [0.15, 0.2) is 30.3 Å². The van der Waals surface area contributed by atoms with Crippen molar-refractivity contribution in [2.24, 2.45) is 5.92 Å². The number of esters is 1. The SMILES string of the molecule is COC(=O)[C@@H]1CN(C(=O)OCc2ccccc2)CC1=O. The number of rotatable bonds is 3. The smallest absolute Gasteiger partial charge is 0.410 e. The molecule has 1 amide bonds. The van der Waals surface area contributed by atoms with Gasteiger partial charge in [0.15, 0.2) is 5.78 Å². The van der Waals surface area contributed by atoms with E-state index in [1.54, 1.807) is 0 Å². The van der Waals surface area contributed by atoms with Crippen LogP contribution in [0.5, 0.6) is 0 Å². The maximum absolute atomic E-state index is 11.8. The van der Waals surface area contributed by atoms with Gasteiger partial charge >= 0.3 is 12.1 Å². The van der Waals surface area contributed by atoms with E-state index >= 15 is 0 Å². The highest BCUT2D eigenvalue weighted by molar-refractivity contribution is 6.03. The fraction of sp³-hybridized carbons (Fsp3) is 0.357. The van der Waals surface area contributed by atoms with Gasteiger partial charge in [0.1, 0.15) is 12.5 Å². The molecule has 1 fully saturated rings. The lowest BCUT2D eigenvalue weighted by Gasteiger charge is -2.14. The second kappa shape index (κ2) is 6.18. The second-order valence-corrected chi connectivity index (χ2v) is 4.46. The van der Waals surface area contributed by atoms with Crippen LogP contribution in [-0.4, -0.2) is 42.9 Å². The van der Waals surface area contributed by atoms with Gasteiger partial charge in [-0.2, -0.15) is 0 Å². The minimum Gasteiger partial charge on any atom is -0.468 e. The number of hydrogen-bond acceptors (Lipinski definition) is 5. The molecule has 1 atom stereocenters. The molecular weight excluding hydrogens is 262 g/mol. The molecule has 106 valence electrons. The zero-order valence-electron chi connectivity index (χ0n) is 11.1. The van der Waals surface area contributed by atoms with E-state index < -0.39 is 18.0 Å². The molecule has 1 aromatic carbocycles. The van der Waals surface area contributed by atoms with Crippen molar-refractivity contribution in [2.45, 2.75) is 6.61 Å². The molecule has 1 aliphatic rings. The van der Waals surface area contributed by atoms with Crippen LogP contribution in [0.1, 0.15) is 5.56 Å². The molecule has 1 aliphatic heterocycles. The molecule has 0 aromatic heterocycles. The molecule has 0 unspecified atom stereocenters. The van der Waals surface area contributed by atoms with Gasteiger partial charge in [0.25, 0.3) is 0 Å². The van der Waals surface area contributed by atoms with Crippen LogP contribution in [0.2, 0.25) is 0 Å². The van der Waals surface area contributed by atoms with Gasteiger partial charge in [-0.3, -0.25) is 14.5 Å². The number of benzene rings is 1. The summed E-state index contributed by atoms with van der Waals surface area (Å²) < 4.78 is 9.63. The van der Waals surface area contributed by atoms with Gasteiger partial charge in [0.2, 0.25) is 0 Å². The Morgan fingerprint density at radius 3 is 2.65 bits per heavy atom. The monoisotopic (exact) mass is 277 g/mol. The van der Waals surface area contributed by atoms with Crippen molar-refractivity contribution >= 4 is 17.8 Å². The predicted molar refractivity (Wildman–Crippen MR) is 68.7 cm³/mol. The number of ketones is 1. The number of amides is 1. The average molecular weight is 277 g/mol. The number of hydrogen-bond donors (Lipinski definition) is 0. The Labute approximate surface area is 116 Å². The molecule has 6 nitrogen and oxygen atoms in total. The molecule has 0 bridgehead atoms.